The van der Waals surface area contributed by atoms with Crippen LogP contribution in [0.2, 0.25) is 0 Å². The first kappa shape index (κ1) is 51.8. The van der Waals surface area contributed by atoms with Crippen molar-refractivity contribution >= 4 is 85.2 Å². The quantitative estimate of drug-likeness (QED) is 0.141. The van der Waals surface area contributed by atoms with Gasteiger partial charge in [-0.15, -0.1) is 0 Å². The van der Waals surface area contributed by atoms with Crippen molar-refractivity contribution in [2.45, 2.75) is 78.6 Å². The molecule has 0 amide bonds. The van der Waals surface area contributed by atoms with E-state index in [-0.39, 0.29) is 23.1 Å². The summed E-state index contributed by atoms with van der Waals surface area (Å²) in [6.07, 6.45) is 0. The second-order valence-corrected chi connectivity index (χ2v) is 25.8. The number of nitrogens with zero attached hydrogens (tertiary/aromatic N) is 3. The molecule has 0 N–H and O–H groups in total. The molecule has 14 rings (SSSR count). The van der Waals surface area contributed by atoms with Gasteiger partial charge in [0.15, 0.2) is 0 Å². The van der Waals surface area contributed by atoms with Gasteiger partial charge in [-0.05, 0) is 162 Å². The zero-order valence-electron chi connectivity index (χ0n) is 49.0. The lowest BCUT2D eigenvalue weighted by Gasteiger charge is -2.47. The Balaban J connectivity index is 1.09. The Labute approximate surface area is 490 Å². The number of rotatable bonds is 8. The molecule has 0 unspecified atom stereocenters. The average molecular weight is 1070 g/mol. The Hall–Kier alpha value is -9.32. The summed E-state index contributed by atoms with van der Waals surface area (Å²) in [6, 6.07) is 92.6. The van der Waals surface area contributed by atoms with Gasteiger partial charge in [-0.2, -0.15) is 0 Å². The molecule has 2 aliphatic heterocycles. The highest BCUT2D eigenvalue weighted by Crippen LogP contribution is 2.54. The summed E-state index contributed by atoms with van der Waals surface area (Å²) >= 11 is 0. The summed E-state index contributed by atoms with van der Waals surface area (Å²) < 4.78 is 6.81. The predicted molar refractivity (Wildman–Crippen MR) is 355 cm³/mol. The van der Waals surface area contributed by atoms with E-state index in [1.807, 2.05) is 0 Å². The minimum absolute atomic E-state index is 0.0215. The van der Waals surface area contributed by atoms with E-state index in [9.17, 15) is 0 Å². The number of benzene rings is 11. The van der Waals surface area contributed by atoms with Gasteiger partial charge in [-0.3, -0.25) is 0 Å². The molecule has 0 atom stereocenters. The van der Waals surface area contributed by atoms with Gasteiger partial charge in [0.25, 0.3) is 0 Å². The van der Waals surface area contributed by atoms with Crippen LogP contribution in [0.4, 0.5) is 45.5 Å². The minimum atomic E-state index is -0.226. The van der Waals surface area contributed by atoms with E-state index in [1.165, 1.54) is 77.8 Å². The Morgan fingerprint density at radius 1 is 0.361 bits per heavy atom. The third kappa shape index (κ3) is 9.02. The van der Waals surface area contributed by atoms with Gasteiger partial charge in [0.2, 0.25) is 0 Å². The van der Waals surface area contributed by atoms with Crippen LogP contribution >= 0.6 is 0 Å². The van der Waals surface area contributed by atoms with Crippen molar-refractivity contribution in [2.24, 2.45) is 0 Å². The van der Waals surface area contributed by atoms with Gasteiger partial charge in [-0.25, -0.2) is 0 Å². The SMILES string of the molecule is CC(C)(C)c1ccc(N2B3c4ccc(N(c5ccc(-c6ccccc6)cc5)c5ccc(-c6ccccc6)cc5)cc4N(c4ccc(C(C)(C)C)cc4-c4ccccc4)c4cc(C(C)(C)C)cc(c43)-c3c2ccc2oc4ccccc4c32)cc1. The van der Waals surface area contributed by atoms with Crippen molar-refractivity contribution in [2.75, 3.05) is 14.6 Å². The largest absolute Gasteiger partial charge is 0.456 e. The van der Waals surface area contributed by atoms with Crippen LogP contribution in [0, 0.1) is 0 Å². The lowest BCUT2D eigenvalue weighted by atomic mass is 9.43. The summed E-state index contributed by atoms with van der Waals surface area (Å²) in [7, 11) is 0. The van der Waals surface area contributed by atoms with Crippen LogP contribution in [-0.4, -0.2) is 6.85 Å². The number of para-hydroxylation sites is 1. The molecule has 11 aromatic carbocycles. The number of hydrogen-bond donors (Lipinski definition) is 0. The highest BCUT2D eigenvalue weighted by atomic mass is 16.3. The highest BCUT2D eigenvalue weighted by molar-refractivity contribution is 6.93. The van der Waals surface area contributed by atoms with E-state index >= 15 is 0 Å². The lowest BCUT2D eigenvalue weighted by molar-refractivity contribution is 0.590. The van der Waals surface area contributed by atoms with E-state index in [4.69, 9.17) is 4.42 Å². The molecule has 0 saturated carbocycles. The molecule has 0 radical (unpaired) electrons. The highest BCUT2D eigenvalue weighted by Gasteiger charge is 2.47. The van der Waals surface area contributed by atoms with Crippen molar-refractivity contribution < 1.29 is 4.42 Å². The fraction of sp³-hybridized carbons (Fsp3) is 0.154. The maximum absolute atomic E-state index is 6.81. The van der Waals surface area contributed by atoms with Crippen LogP contribution in [-0.2, 0) is 16.2 Å². The molecule has 0 spiro atoms. The number of hydrogen-bond acceptors (Lipinski definition) is 4. The van der Waals surface area contributed by atoms with Gasteiger partial charge in [0, 0.05) is 61.7 Å². The Morgan fingerprint density at radius 2 is 0.867 bits per heavy atom. The third-order valence-corrected chi connectivity index (χ3v) is 17.3. The van der Waals surface area contributed by atoms with Crippen molar-refractivity contribution in [3.8, 4) is 44.5 Å². The standard InChI is InChI=1S/C78H68BN3O/c1-76(2,3)56-33-40-61(41-34-56)82-68-45-46-72-74(63-27-19-20-28-71(63)83-72)73(68)65-48-58(78(7,8)9)49-70-75(65)79(82)66-43-42-62(50-69(66)81(70)67-44-35-57(77(4,5)6)47-64(67)55-25-17-12-18-26-55)80(59-36-29-53(30-37-59)51-21-13-10-14-22-51)60-38-31-54(32-39-60)52-23-15-11-16-24-52/h10-50H,1-9H3. The molecule has 0 saturated heterocycles. The zero-order chi connectivity index (χ0) is 56.9. The number of fused-ring (bicyclic) bond motifs is 8. The van der Waals surface area contributed by atoms with Crippen LogP contribution in [0.15, 0.2) is 253 Å². The molecule has 1 aromatic heterocycles. The summed E-state index contributed by atoms with van der Waals surface area (Å²) in [5.41, 5.74) is 26.2. The summed E-state index contributed by atoms with van der Waals surface area (Å²) in [5, 5.41) is 2.26. The molecule has 3 heterocycles. The molecular formula is C78H68BN3O. The smallest absolute Gasteiger partial charge is 0.333 e. The van der Waals surface area contributed by atoms with E-state index in [2.05, 4.69) is 326 Å². The number of anilines is 8. The second kappa shape index (κ2) is 19.7. The van der Waals surface area contributed by atoms with Gasteiger partial charge >= 0.3 is 6.85 Å². The third-order valence-electron chi connectivity index (χ3n) is 17.3. The summed E-state index contributed by atoms with van der Waals surface area (Å²) in [6.45, 7) is 20.7. The predicted octanol–water partition coefficient (Wildman–Crippen LogP) is 20.7. The van der Waals surface area contributed by atoms with Crippen molar-refractivity contribution in [3.63, 3.8) is 0 Å². The molecule has 0 bridgehead atoms. The molecule has 2 aliphatic rings. The summed E-state index contributed by atoms with van der Waals surface area (Å²) in [5.74, 6) is 0. The zero-order valence-corrected chi connectivity index (χ0v) is 49.0. The Morgan fingerprint density at radius 3 is 1.46 bits per heavy atom. The van der Waals surface area contributed by atoms with Crippen LogP contribution in [0.25, 0.3) is 66.4 Å². The van der Waals surface area contributed by atoms with E-state index < -0.39 is 0 Å². The Bertz CT molecular complexity index is 4330. The fourth-order valence-electron chi connectivity index (χ4n) is 12.8. The lowest BCUT2D eigenvalue weighted by Crippen LogP contribution is -2.61. The topological polar surface area (TPSA) is 22.9 Å². The number of furan rings is 1. The van der Waals surface area contributed by atoms with Crippen LogP contribution in [0.1, 0.15) is 79.0 Å². The van der Waals surface area contributed by atoms with E-state index in [1.54, 1.807) is 0 Å². The monoisotopic (exact) mass is 1070 g/mol. The Kier molecular flexibility index (Phi) is 12.3. The molecular weight excluding hydrogens is 1010 g/mol. The van der Waals surface area contributed by atoms with Crippen molar-refractivity contribution in [1.82, 2.24) is 0 Å². The van der Waals surface area contributed by atoms with Gasteiger partial charge in [0.1, 0.15) is 11.2 Å². The van der Waals surface area contributed by atoms with Crippen LogP contribution < -0.4 is 25.5 Å². The van der Waals surface area contributed by atoms with Gasteiger partial charge in [0.05, 0.1) is 5.69 Å². The molecule has 12 aromatic rings. The molecule has 4 nitrogen and oxygen atoms in total. The normalized spacial score (nSPS) is 13.0. The van der Waals surface area contributed by atoms with Crippen LogP contribution in [0.3, 0.4) is 0 Å². The first-order valence-corrected chi connectivity index (χ1v) is 29.3. The minimum Gasteiger partial charge on any atom is -0.456 e. The maximum Gasteiger partial charge on any atom is 0.333 e. The molecule has 0 fully saturated rings. The van der Waals surface area contributed by atoms with Crippen molar-refractivity contribution in [1.29, 1.82) is 0 Å². The van der Waals surface area contributed by atoms with Crippen molar-refractivity contribution in [3.05, 3.63) is 265 Å². The first-order chi connectivity index (χ1) is 40.1. The second-order valence-electron chi connectivity index (χ2n) is 25.8. The molecule has 5 heteroatoms. The van der Waals surface area contributed by atoms with Gasteiger partial charge < -0.3 is 19.0 Å². The fourth-order valence-corrected chi connectivity index (χ4v) is 12.8. The average Bonchev–Trinajstić information content (AvgIpc) is 3.08. The maximum atomic E-state index is 6.81. The van der Waals surface area contributed by atoms with Gasteiger partial charge in [-0.1, -0.05) is 226 Å². The van der Waals surface area contributed by atoms with E-state index in [0.29, 0.717) is 0 Å². The van der Waals surface area contributed by atoms with E-state index in [0.717, 1.165) is 61.8 Å². The first-order valence-electron chi connectivity index (χ1n) is 29.3. The molecule has 0 aliphatic carbocycles. The van der Waals surface area contributed by atoms with Crippen LogP contribution in [0.5, 0.6) is 0 Å². The molecule has 83 heavy (non-hydrogen) atoms. The summed E-state index contributed by atoms with van der Waals surface area (Å²) in [4.78, 5) is 7.71. The molecule has 404 valence electrons.